The zero-order valence-electron chi connectivity index (χ0n) is 11.2. The summed E-state index contributed by atoms with van der Waals surface area (Å²) in [6, 6.07) is 8.04. The van der Waals surface area contributed by atoms with Crippen molar-refractivity contribution in [3.05, 3.63) is 35.4 Å². The molecule has 1 fully saturated rings. The van der Waals surface area contributed by atoms with E-state index in [1.165, 1.54) is 12.0 Å². The van der Waals surface area contributed by atoms with E-state index in [2.05, 4.69) is 19.1 Å². The van der Waals surface area contributed by atoms with Crippen LogP contribution in [-0.2, 0) is 6.42 Å². The van der Waals surface area contributed by atoms with Crippen molar-refractivity contribution in [2.75, 3.05) is 6.54 Å². The van der Waals surface area contributed by atoms with Gasteiger partial charge in [-0.05, 0) is 24.8 Å². The van der Waals surface area contributed by atoms with Gasteiger partial charge < -0.3 is 5.73 Å². The molecule has 0 heterocycles. The second kappa shape index (κ2) is 5.66. The quantitative estimate of drug-likeness (QED) is 0.827. The third kappa shape index (κ3) is 2.49. The zero-order valence-corrected chi connectivity index (χ0v) is 11.2. The van der Waals surface area contributed by atoms with E-state index in [1.54, 1.807) is 0 Å². The van der Waals surface area contributed by atoms with Gasteiger partial charge in [-0.2, -0.15) is 0 Å². The van der Waals surface area contributed by atoms with E-state index in [0.717, 1.165) is 37.7 Å². The summed E-state index contributed by atoms with van der Waals surface area (Å²) in [7, 11) is 0. The summed E-state index contributed by atoms with van der Waals surface area (Å²) in [5, 5.41) is 0. The summed E-state index contributed by atoms with van der Waals surface area (Å²) >= 11 is 0. The Morgan fingerprint density at radius 1 is 1.17 bits per heavy atom. The predicted molar refractivity (Wildman–Crippen MR) is 74.7 cm³/mol. The summed E-state index contributed by atoms with van der Waals surface area (Å²) < 4.78 is 0. The minimum atomic E-state index is -0.286. The maximum Gasteiger partial charge on any atom is 0.170 e. The average Bonchev–Trinajstić information content (AvgIpc) is 2.47. The minimum Gasteiger partial charge on any atom is -0.329 e. The third-order valence-electron chi connectivity index (χ3n) is 4.31. The van der Waals surface area contributed by atoms with Crippen molar-refractivity contribution in [1.82, 2.24) is 0 Å². The Balaban J connectivity index is 2.22. The number of nitrogens with two attached hydrogens (primary N) is 1. The van der Waals surface area contributed by atoms with Crippen LogP contribution in [0.5, 0.6) is 0 Å². The van der Waals surface area contributed by atoms with E-state index < -0.39 is 0 Å². The van der Waals surface area contributed by atoms with Crippen molar-refractivity contribution in [2.45, 2.75) is 45.4 Å². The highest BCUT2D eigenvalue weighted by Crippen LogP contribution is 2.38. The molecule has 0 atom stereocenters. The molecule has 2 heteroatoms. The molecule has 0 amide bonds. The first kappa shape index (κ1) is 13.3. The van der Waals surface area contributed by atoms with Gasteiger partial charge in [0.1, 0.15) is 0 Å². The van der Waals surface area contributed by atoms with Crippen molar-refractivity contribution in [1.29, 1.82) is 0 Å². The lowest BCUT2D eigenvalue weighted by Gasteiger charge is -2.34. The summed E-state index contributed by atoms with van der Waals surface area (Å²) in [5.74, 6) is 0.257. The number of hydrogen-bond donors (Lipinski definition) is 1. The zero-order chi connectivity index (χ0) is 13.0. The summed E-state index contributed by atoms with van der Waals surface area (Å²) in [6.45, 7) is 2.61. The molecule has 1 aliphatic carbocycles. The van der Waals surface area contributed by atoms with Crippen molar-refractivity contribution in [3.63, 3.8) is 0 Å². The molecule has 1 saturated carbocycles. The Morgan fingerprint density at radius 3 is 2.28 bits per heavy atom. The van der Waals surface area contributed by atoms with Gasteiger partial charge >= 0.3 is 0 Å². The van der Waals surface area contributed by atoms with Crippen LogP contribution in [-0.4, -0.2) is 12.3 Å². The van der Waals surface area contributed by atoms with Gasteiger partial charge in [-0.1, -0.05) is 50.5 Å². The lowest BCUT2D eigenvalue weighted by Crippen LogP contribution is -2.40. The Morgan fingerprint density at radius 2 is 1.78 bits per heavy atom. The fraction of sp³-hybridized carbons (Fsp3) is 0.562. The largest absolute Gasteiger partial charge is 0.329 e. The second-order valence-electron chi connectivity index (χ2n) is 5.42. The van der Waals surface area contributed by atoms with Crippen molar-refractivity contribution in [2.24, 2.45) is 11.1 Å². The number of aryl methyl sites for hydroxylation is 1. The maximum absolute atomic E-state index is 12.7. The van der Waals surface area contributed by atoms with Crippen molar-refractivity contribution < 1.29 is 4.79 Å². The van der Waals surface area contributed by atoms with Crippen LogP contribution in [0.1, 0.15) is 54.9 Å². The first-order valence-corrected chi connectivity index (χ1v) is 7.06. The monoisotopic (exact) mass is 245 g/mol. The standard InChI is InChI=1S/C16H23NO/c1-2-13-6-8-14(9-7-13)15(18)16(12-17)10-4-3-5-11-16/h6-9H,2-5,10-12,17H2,1H3. The number of hydrogen-bond acceptors (Lipinski definition) is 2. The van der Waals surface area contributed by atoms with Crippen LogP contribution in [0.15, 0.2) is 24.3 Å². The van der Waals surface area contributed by atoms with Gasteiger partial charge in [0.15, 0.2) is 5.78 Å². The highest BCUT2D eigenvalue weighted by molar-refractivity contribution is 6.00. The topological polar surface area (TPSA) is 43.1 Å². The fourth-order valence-corrected chi connectivity index (χ4v) is 2.95. The number of ketones is 1. The van der Waals surface area contributed by atoms with E-state index in [4.69, 9.17) is 5.73 Å². The maximum atomic E-state index is 12.7. The van der Waals surface area contributed by atoms with Crippen LogP contribution < -0.4 is 5.73 Å². The van der Waals surface area contributed by atoms with Crippen LogP contribution in [0.4, 0.5) is 0 Å². The van der Waals surface area contributed by atoms with Crippen LogP contribution in [0, 0.1) is 5.41 Å². The molecule has 0 aromatic heterocycles. The van der Waals surface area contributed by atoms with Gasteiger partial charge in [0.25, 0.3) is 0 Å². The highest BCUT2D eigenvalue weighted by Gasteiger charge is 2.38. The molecule has 1 aliphatic rings. The molecule has 18 heavy (non-hydrogen) atoms. The Bertz CT molecular complexity index is 402. The van der Waals surface area contributed by atoms with Crippen LogP contribution in [0.3, 0.4) is 0 Å². The first-order valence-electron chi connectivity index (χ1n) is 7.06. The molecule has 1 aromatic carbocycles. The first-order chi connectivity index (χ1) is 8.72. The molecule has 0 radical (unpaired) electrons. The van der Waals surface area contributed by atoms with Crippen molar-refractivity contribution >= 4 is 5.78 Å². The Labute approximate surface area is 110 Å². The molecule has 98 valence electrons. The van der Waals surface area contributed by atoms with E-state index in [9.17, 15) is 4.79 Å². The fourth-order valence-electron chi connectivity index (χ4n) is 2.95. The molecule has 0 bridgehead atoms. The van der Waals surface area contributed by atoms with E-state index in [1.807, 2.05) is 12.1 Å². The van der Waals surface area contributed by atoms with Gasteiger partial charge in [-0.3, -0.25) is 4.79 Å². The SMILES string of the molecule is CCc1ccc(C(=O)C2(CN)CCCCC2)cc1. The lowest BCUT2D eigenvalue weighted by atomic mass is 9.69. The summed E-state index contributed by atoms with van der Waals surface area (Å²) in [5.41, 5.74) is 7.73. The predicted octanol–water partition coefficient (Wildman–Crippen LogP) is 3.34. The molecule has 0 saturated heterocycles. The number of Topliss-reactive ketones (excluding diaryl/α,β-unsaturated/α-hetero) is 1. The molecule has 1 aromatic rings. The van der Waals surface area contributed by atoms with E-state index in [-0.39, 0.29) is 11.2 Å². The lowest BCUT2D eigenvalue weighted by molar-refractivity contribution is 0.0729. The molecule has 2 nitrogen and oxygen atoms in total. The van der Waals surface area contributed by atoms with Crippen molar-refractivity contribution in [3.8, 4) is 0 Å². The number of carbonyl (C=O) groups excluding carboxylic acids is 1. The number of benzene rings is 1. The van der Waals surface area contributed by atoms with Gasteiger partial charge in [0.2, 0.25) is 0 Å². The van der Waals surface area contributed by atoms with Gasteiger partial charge in [0, 0.05) is 17.5 Å². The Kier molecular flexibility index (Phi) is 4.18. The van der Waals surface area contributed by atoms with Gasteiger partial charge in [-0.25, -0.2) is 0 Å². The minimum absolute atomic E-state index is 0.257. The van der Waals surface area contributed by atoms with Crippen LogP contribution in [0.2, 0.25) is 0 Å². The molecule has 2 rings (SSSR count). The number of carbonyl (C=O) groups is 1. The molecule has 0 aliphatic heterocycles. The van der Waals surface area contributed by atoms with Gasteiger partial charge in [-0.15, -0.1) is 0 Å². The molecular weight excluding hydrogens is 222 g/mol. The normalized spacial score (nSPS) is 18.6. The summed E-state index contributed by atoms with van der Waals surface area (Å²) in [6.07, 6.45) is 6.43. The van der Waals surface area contributed by atoms with Crippen LogP contribution in [0.25, 0.3) is 0 Å². The molecular formula is C16H23NO. The van der Waals surface area contributed by atoms with Gasteiger partial charge in [0.05, 0.1) is 0 Å². The third-order valence-corrected chi connectivity index (χ3v) is 4.31. The second-order valence-corrected chi connectivity index (χ2v) is 5.42. The summed E-state index contributed by atoms with van der Waals surface area (Å²) in [4.78, 5) is 12.7. The van der Waals surface area contributed by atoms with E-state index in [0.29, 0.717) is 6.54 Å². The van der Waals surface area contributed by atoms with E-state index >= 15 is 0 Å². The molecule has 0 spiro atoms. The highest BCUT2D eigenvalue weighted by atomic mass is 16.1. The number of rotatable bonds is 4. The Hall–Kier alpha value is -1.15. The smallest absolute Gasteiger partial charge is 0.170 e. The molecule has 0 unspecified atom stereocenters. The van der Waals surface area contributed by atoms with Crippen LogP contribution >= 0.6 is 0 Å². The molecule has 2 N–H and O–H groups in total. The average molecular weight is 245 g/mol.